The van der Waals surface area contributed by atoms with Crippen LogP contribution in [0.3, 0.4) is 0 Å². The fourth-order valence-electron chi connectivity index (χ4n) is 2.25. The van der Waals surface area contributed by atoms with Gasteiger partial charge in [0.25, 0.3) is 5.91 Å². The van der Waals surface area contributed by atoms with Gasteiger partial charge in [-0.15, -0.1) is 0 Å². The molecule has 7 nitrogen and oxygen atoms in total. The summed E-state index contributed by atoms with van der Waals surface area (Å²) >= 11 is 2.15. The van der Waals surface area contributed by atoms with Crippen LogP contribution in [0.5, 0.6) is 11.5 Å². The Balaban J connectivity index is 1.59. The second-order valence-electron chi connectivity index (χ2n) is 5.41. The van der Waals surface area contributed by atoms with Gasteiger partial charge in [-0.05, 0) is 70.6 Å². The van der Waals surface area contributed by atoms with Crippen LogP contribution in [-0.4, -0.2) is 25.3 Å². The molecule has 2 aromatic carbocycles. The van der Waals surface area contributed by atoms with Gasteiger partial charge in [-0.25, -0.2) is 4.79 Å². The predicted octanol–water partition coefficient (Wildman–Crippen LogP) is 3.11. The van der Waals surface area contributed by atoms with E-state index in [4.69, 9.17) is 14.2 Å². The molecular weight excluding hydrogens is 463 g/mol. The number of halogens is 1. The molecule has 8 heteroatoms. The third-order valence-corrected chi connectivity index (χ3v) is 4.23. The highest BCUT2D eigenvalue weighted by Gasteiger charge is 2.16. The molecule has 1 heterocycles. The molecule has 0 fully saturated rings. The van der Waals surface area contributed by atoms with Gasteiger partial charge >= 0.3 is 5.97 Å². The summed E-state index contributed by atoms with van der Waals surface area (Å²) in [6.45, 7) is -0.365. The van der Waals surface area contributed by atoms with E-state index >= 15 is 0 Å². The molecule has 3 rings (SSSR count). The second-order valence-corrected chi connectivity index (χ2v) is 6.66. The summed E-state index contributed by atoms with van der Waals surface area (Å²) in [5.74, 6) is -0.246. The standard InChI is InChI=1S/C19H13IN2O5/c20-14-2-4-15(5-3-14)22-18(23)10-25-19(24)13(9-21)7-12-1-6-16-17(8-12)27-11-26-16/h1-8H,10-11H2,(H,22,23)/b13-7-. The smallest absolute Gasteiger partial charge is 0.349 e. The number of esters is 1. The maximum Gasteiger partial charge on any atom is 0.349 e. The van der Waals surface area contributed by atoms with E-state index < -0.39 is 18.5 Å². The summed E-state index contributed by atoms with van der Waals surface area (Å²) in [6, 6.07) is 13.9. The maximum absolute atomic E-state index is 12.1. The fraction of sp³-hybridized carbons (Fsp3) is 0.105. The Labute approximate surface area is 168 Å². The van der Waals surface area contributed by atoms with Crippen LogP contribution in [0.25, 0.3) is 6.08 Å². The van der Waals surface area contributed by atoms with E-state index in [-0.39, 0.29) is 12.4 Å². The minimum absolute atomic E-state index is 0.130. The third-order valence-electron chi connectivity index (χ3n) is 3.51. The topological polar surface area (TPSA) is 97.7 Å². The number of carbonyl (C=O) groups excluding carboxylic acids is 2. The van der Waals surface area contributed by atoms with Gasteiger partial charge < -0.3 is 19.5 Å². The highest BCUT2D eigenvalue weighted by molar-refractivity contribution is 14.1. The Hall–Kier alpha value is -3.06. The Morgan fingerprint density at radius 3 is 2.67 bits per heavy atom. The monoisotopic (exact) mass is 476 g/mol. The summed E-state index contributed by atoms with van der Waals surface area (Å²) in [5, 5.41) is 11.8. The van der Waals surface area contributed by atoms with Crippen LogP contribution in [0.4, 0.5) is 5.69 Å². The number of anilines is 1. The van der Waals surface area contributed by atoms with Crippen molar-refractivity contribution in [3.8, 4) is 17.6 Å². The van der Waals surface area contributed by atoms with Crippen LogP contribution < -0.4 is 14.8 Å². The lowest BCUT2D eigenvalue weighted by atomic mass is 10.1. The molecule has 0 spiro atoms. The number of amides is 1. The highest BCUT2D eigenvalue weighted by Crippen LogP contribution is 2.33. The molecule has 0 radical (unpaired) electrons. The SMILES string of the molecule is N#C/C(=C/c1ccc2c(c1)OCO2)C(=O)OCC(=O)Nc1ccc(I)cc1. The first kappa shape index (κ1) is 18.7. The van der Waals surface area contributed by atoms with Crippen molar-refractivity contribution >= 4 is 46.2 Å². The number of ether oxygens (including phenoxy) is 3. The van der Waals surface area contributed by atoms with Crippen molar-refractivity contribution in [3.05, 3.63) is 57.2 Å². The summed E-state index contributed by atoms with van der Waals surface area (Å²) in [7, 11) is 0. The molecular formula is C19H13IN2O5. The van der Waals surface area contributed by atoms with Crippen molar-refractivity contribution in [2.24, 2.45) is 0 Å². The Kier molecular flexibility index (Phi) is 5.93. The molecule has 0 unspecified atom stereocenters. The van der Waals surface area contributed by atoms with Crippen LogP contribution >= 0.6 is 22.6 Å². The number of hydrogen-bond acceptors (Lipinski definition) is 6. The van der Waals surface area contributed by atoms with Crippen LogP contribution in [0, 0.1) is 14.9 Å². The van der Waals surface area contributed by atoms with Gasteiger partial charge in [0.2, 0.25) is 6.79 Å². The van der Waals surface area contributed by atoms with Gasteiger partial charge in [0, 0.05) is 9.26 Å². The average molecular weight is 476 g/mol. The zero-order chi connectivity index (χ0) is 19.2. The molecule has 0 bridgehead atoms. The predicted molar refractivity (Wildman–Crippen MR) is 105 cm³/mol. The number of nitrogens with one attached hydrogen (secondary N) is 1. The van der Waals surface area contributed by atoms with Crippen molar-refractivity contribution in [1.82, 2.24) is 0 Å². The van der Waals surface area contributed by atoms with Crippen molar-refractivity contribution in [1.29, 1.82) is 5.26 Å². The molecule has 0 aromatic heterocycles. The Morgan fingerprint density at radius 2 is 1.93 bits per heavy atom. The Bertz CT molecular complexity index is 948. The van der Waals surface area contributed by atoms with Gasteiger partial charge in [0.15, 0.2) is 18.1 Å². The minimum atomic E-state index is -0.882. The van der Waals surface area contributed by atoms with E-state index in [1.165, 1.54) is 6.08 Å². The molecule has 1 N–H and O–H groups in total. The van der Waals surface area contributed by atoms with Crippen molar-refractivity contribution in [2.75, 3.05) is 18.7 Å². The molecule has 136 valence electrons. The summed E-state index contributed by atoms with van der Waals surface area (Å²) in [6.07, 6.45) is 1.36. The van der Waals surface area contributed by atoms with Crippen LogP contribution in [0.2, 0.25) is 0 Å². The van der Waals surface area contributed by atoms with E-state index in [1.807, 2.05) is 12.1 Å². The molecule has 0 aliphatic carbocycles. The molecule has 1 aliphatic rings. The van der Waals surface area contributed by atoms with Crippen molar-refractivity contribution in [3.63, 3.8) is 0 Å². The van der Waals surface area contributed by atoms with E-state index in [0.29, 0.717) is 22.7 Å². The maximum atomic E-state index is 12.1. The van der Waals surface area contributed by atoms with E-state index in [1.54, 1.807) is 36.4 Å². The molecule has 1 amide bonds. The fourth-order valence-corrected chi connectivity index (χ4v) is 2.61. The second kappa shape index (κ2) is 8.55. The first-order chi connectivity index (χ1) is 13.0. The largest absolute Gasteiger partial charge is 0.454 e. The van der Waals surface area contributed by atoms with Crippen molar-refractivity contribution < 1.29 is 23.8 Å². The van der Waals surface area contributed by atoms with E-state index in [9.17, 15) is 14.9 Å². The quantitative estimate of drug-likeness (QED) is 0.308. The number of nitrogens with zero attached hydrogens (tertiary/aromatic N) is 1. The Morgan fingerprint density at radius 1 is 1.19 bits per heavy atom. The highest BCUT2D eigenvalue weighted by atomic mass is 127. The first-order valence-electron chi connectivity index (χ1n) is 7.79. The number of carbonyl (C=O) groups is 2. The van der Waals surface area contributed by atoms with Gasteiger partial charge in [-0.3, -0.25) is 4.79 Å². The van der Waals surface area contributed by atoms with E-state index in [0.717, 1.165) is 3.57 Å². The molecule has 0 atom stereocenters. The minimum Gasteiger partial charge on any atom is -0.454 e. The van der Waals surface area contributed by atoms with E-state index in [2.05, 4.69) is 27.9 Å². The molecule has 0 saturated heterocycles. The molecule has 27 heavy (non-hydrogen) atoms. The van der Waals surface area contributed by atoms with Crippen LogP contribution in [-0.2, 0) is 14.3 Å². The third kappa shape index (κ3) is 4.98. The van der Waals surface area contributed by atoms with Crippen molar-refractivity contribution in [2.45, 2.75) is 0 Å². The normalized spacial score (nSPS) is 12.2. The molecule has 1 aliphatic heterocycles. The van der Waals surface area contributed by atoms with Gasteiger partial charge in [-0.2, -0.15) is 5.26 Å². The van der Waals surface area contributed by atoms with Gasteiger partial charge in [0.1, 0.15) is 11.6 Å². The molecule has 0 saturated carbocycles. The summed E-state index contributed by atoms with van der Waals surface area (Å²) in [4.78, 5) is 23.9. The number of nitriles is 1. The lowest BCUT2D eigenvalue weighted by Gasteiger charge is -2.06. The van der Waals surface area contributed by atoms with Crippen LogP contribution in [0.1, 0.15) is 5.56 Å². The number of rotatable bonds is 5. The lowest BCUT2D eigenvalue weighted by molar-refractivity contribution is -0.142. The van der Waals surface area contributed by atoms with Crippen LogP contribution in [0.15, 0.2) is 48.0 Å². The zero-order valence-electron chi connectivity index (χ0n) is 13.9. The first-order valence-corrected chi connectivity index (χ1v) is 8.87. The zero-order valence-corrected chi connectivity index (χ0v) is 16.1. The lowest BCUT2D eigenvalue weighted by Crippen LogP contribution is -2.21. The number of fused-ring (bicyclic) bond motifs is 1. The average Bonchev–Trinajstić information content (AvgIpc) is 3.14. The number of hydrogen-bond donors (Lipinski definition) is 1. The molecule has 2 aromatic rings. The number of benzene rings is 2. The van der Waals surface area contributed by atoms with Gasteiger partial charge in [0.05, 0.1) is 0 Å². The van der Waals surface area contributed by atoms with Gasteiger partial charge in [-0.1, -0.05) is 6.07 Å². The summed E-state index contributed by atoms with van der Waals surface area (Å²) in [5.41, 5.74) is 0.944. The summed E-state index contributed by atoms with van der Waals surface area (Å²) < 4.78 is 16.4.